The fraction of sp³-hybridized carbons (Fsp3) is 1.00. The Morgan fingerprint density at radius 3 is 2.64 bits per heavy atom. The molecule has 0 radical (unpaired) electrons. The summed E-state index contributed by atoms with van der Waals surface area (Å²) >= 11 is 0. The van der Waals surface area contributed by atoms with Crippen LogP contribution in [0, 0.1) is 11.8 Å². The van der Waals surface area contributed by atoms with E-state index in [-0.39, 0.29) is 0 Å². The summed E-state index contributed by atoms with van der Waals surface area (Å²) in [5, 5.41) is 3.76. The number of rotatable bonds is 3. The van der Waals surface area contributed by atoms with Crippen molar-refractivity contribution in [3.8, 4) is 0 Å². The molecule has 1 heterocycles. The maximum Gasteiger partial charge on any atom is 0.0726 e. The fourth-order valence-corrected chi connectivity index (χ4v) is 3.33. The molecule has 4 atom stereocenters. The Hall–Kier alpha value is -0.0800. The molecule has 2 nitrogen and oxygen atoms in total. The second-order valence-corrected chi connectivity index (χ2v) is 5.43. The Balaban J connectivity index is 1.46. The molecule has 2 saturated carbocycles. The predicted octanol–water partition coefficient (Wildman–Crippen LogP) is 1.94. The zero-order chi connectivity index (χ0) is 9.54. The number of hydrogen-bond donors (Lipinski definition) is 1. The van der Waals surface area contributed by atoms with Gasteiger partial charge in [0.25, 0.3) is 0 Å². The predicted molar refractivity (Wildman–Crippen MR) is 56.2 cm³/mol. The molecule has 2 aliphatic carbocycles. The summed E-state index contributed by atoms with van der Waals surface area (Å²) in [6, 6.07) is 1.37. The minimum atomic E-state index is 0.493. The summed E-state index contributed by atoms with van der Waals surface area (Å²) < 4.78 is 5.70. The number of nitrogens with one attached hydrogen (secondary N) is 1. The van der Waals surface area contributed by atoms with Crippen LogP contribution >= 0.6 is 0 Å². The van der Waals surface area contributed by atoms with Crippen LogP contribution in [0.25, 0.3) is 0 Å². The van der Waals surface area contributed by atoms with Gasteiger partial charge < -0.3 is 10.1 Å². The van der Waals surface area contributed by atoms with Crippen LogP contribution in [-0.2, 0) is 4.74 Å². The van der Waals surface area contributed by atoms with Gasteiger partial charge in [-0.3, -0.25) is 0 Å². The van der Waals surface area contributed by atoms with Gasteiger partial charge in [-0.2, -0.15) is 0 Å². The molecule has 3 aliphatic rings. The normalized spacial score (nSPS) is 47.8. The highest BCUT2D eigenvalue weighted by molar-refractivity contribution is 4.99. The number of ether oxygens (including phenoxy) is 1. The van der Waals surface area contributed by atoms with E-state index in [0.717, 1.165) is 24.5 Å². The van der Waals surface area contributed by atoms with Gasteiger partial charge in [-0.1, -0.05) is 0 Å². The molecule has 3 rings (SSSR count). The molecule has 0 aromatic rings. The molecule has 1 saturated heterocycles. The van der Waals surface area contributed by atoms with E-state index in [9.17, 15) is 0 Å². The quantitative estimate of drug-likeness (QED) is 0.743. The average molecular weight is 195 g/mol. The topological polar surface area (TPSA) is 21.3 Å². The zero-order valence-corrected chi connectivity index (χ0v) is 9.04. The lowest BCUT2D eigenvalue weighted by molar-refractivity contribution is 0.0793. The molecule has 0 aromatic heterocycles. The Labute approximate surface area is 86.4 Å². The van der Waals surface area contributed by atoms with Crippen molar-refractivity contribution in [2.24, 2.45) is 11.8 Å². The second-order valence-electron chi connectivity index (χ2n) is 5.43. The van der Waals surface area contributed by atoms with Gasteiger partial charge in [-0.05, 0) is 50.9 Å². The van der Waals surface area contributed by atoms with Gasteiger partial charge in [-0.25, -0.2) is 0 Å². The van der Waals surface area contributed by atoms with Crippen LogP contribution in [0.1, 0.15) is 39.0 Å². The highest BCUT2D eigenvalue weighted by Crippen LogP contribution is 2.51. The van der Waals surface area contributed by atoms with Crippen LogP contribution in [0.4, 0.5) is 0 Å². The molecule has 14 heavy (non-hydrogen) atoms. The monoisotopic (exact) mass is 195 g/mol. The molecule has 4 unspecified atom stereocenters. The van der Waals surface area contributed by atoms with Crippen molar-refractivity contribution in [1.29, 1.82) is 0 Å². The van der Waals surface area contributed by atoms with Gasteiger partial charge in [0, 0.05) is 18.7 Å². The van der Waals surface area contributed by atoms with Gasteiger partial charge in [-0.15, -0.1) is 0 Å². The van der Waals surface area contributed by atoms with Gasteiger partial charge in [0.05, 0.1) is 6.10 Å². The smallest absolute Gasteiger partial charge is 0.0726 e. The first-order valence-electron chi connectivity index (χ1n) is 6.20. The molecule has 1 N–H and O–H groups in total. The Morgan fingerprint density at radius 2 is 2.00 bits per heavy atom. The van der Waals surface area contributed by atoms with Crippen molar-refractivity contribution in [2.75, 3.05) is 6.61 Å². The van der Waals surface area contributed by atoms with E-state index in [2.05, 4.69) is 12.2 Å². The first-order chi connectivity index (χ1) is 6.83. The van der Waals surface area contributed by atoms with Crippen molar-refractivity contribution in [2.45, 2.75) is 57.2 Å². The molecule has 0 bridgehead atoms. The van der Waals surface area contributed by atoms with Crippen molar-refractivity contribution >= 4 is 0 Å². The van der Waals surface area contributed by atoms with Crippen molar-refractivity contribution in [1.82, 2.24) is 5.32 Å². The van der Waals surface area contributed by atoms with Crippen LogP contribution in [0.5, 0.6) is 0 Å². The third-order valence-corrected chi connectivity index (χ3v) is 4.26. The van der Waals surface area contributed by atoms with E-state index < -0.39 is 0 Å². The van der Waals surface area contributed by atoms with E-state index in [1.807, 2.05) is 0 Å². The van der Waals surface area contributed by atoms with Gasteiger partial charge in [0.15, 0.2) is 0 Å². The van der Waals surface area contributed by atoms with Crippen molar-refractivity contribution in [3.05, 3.63) is 0 Å². The fourth-order valence-electron chi connectivity index (χ4n) is 3.33. The average Bonchev–Trinajstić information content (AvgIpc) is 2.69. The summed E-state index contributed by atoms with van der Waals surface area (Å²) in [7, 11) is 0. The first kappa shape index (κ1) is 9.17. The lowest BCUT2D eigenvalue weighted by Crippen LogP contribution is -2.42. The van der Waals surface area contributed by atoms with Crippen molar-refractivity contribution in [3.63, 3.8) is 0 Å². The molecule has 0 aromatic carbocycles. The van der Waals surface area contributed by atoms with Crippen molar-refractivity contribution < 1.29 is 4.74 Å². The van der Waals surface area contributed by atoms with Gasteiger partial charge in [0.1, 0.15) is 0 Å². The highest BCUT2D eigenvalue weighted by atomic mass is 16.5. The molecule has 80 valence electrons. The SMILES string of the molecule is CC(NC1CC2CC2C1)C1CCCO1. The Bertz CT molecular complexity index is 202. The lowest BCUT2D eigenvalue weighted by Gasteiger charge is -2.24. The van der Waals surface area contributed by atoms with E-state index in [1.165, 1.54) is 32.1 Å². The molecular formula is C12H21NO. The van der Waals surface area contributed by atoms with Gasteiger partial charge in [0.2, 0.25) is 0 Å². The maximum atomic E-state index is 5.70. The van der Waals surface area contributed by atoms with E-state index in [1.54, 1.807) is 0 Å². The highest BCUT2D eigenvalue weighted by Gasteiger charge is 2.46. The van der Waals surface area contributed by atoms with Crippen LogP contribution in [0.2, 0.25) is 0 Å². The summed E-state index contributed by atoms with van der Waals surface area (Å²) in [5.41, 5.74) is 0. The summed E-state index contributed by atoms with van der Waals surface area (Å²) in [5.74, 6) is 2.17. The van der Waals surface area contributed by atoms with Crippen LogP contribution < -0.4 is 5.32 Å². The maximum absolute atomic E-state index is 5.70. The Morgan fingerprint density at radius 1 is 1.21 bits per heavy atom. The Kier molecular flexibility index (Phi) is 2.29. The second kappa shape index (κ2) is 3.49. The van der Waals surface area contributed by atoms with Crippen LogP contribution in [0.15, 0.2) is 0 Å². The lowest BCUT2D eigenvalue weighted by atomic mass is 10.1. The molecule has 0 spiro atoms. The molecule has 3 fully saturated rings. The first-order valence-corrected chi connectivity index (χ1v) is 6.20. The zero-order valence-electron chi connectivity index (χ0n) is 9.04. The minimum Gasteiger partial charge on any atom is -0.377 e. The number of fused-ring (bicyclic) bond motifs is 1. The van der Waals surface area contributed by atoms with E-state index in [4.69, 9.17) is 4.74 Å². The third-order valence-electron chi connectivity index (χ3n) is 4.26. The molecular weight excluding hydrogens is 174 g/mol. The molecule has 1 aliphatic heterocycles. The van der Waals surface area contributed by atoms with Gasteiger partial charge >= 0.3 is 0 Å². The van der Waals surface area contributed by atoms with E-state index >= 15 is 0 Å². The van der Waals surface area contributed by atoms with Crippen LogP contribution in [-0.4, -0.2) is 24.8 Å². The molecule has 0 amide bonds. The largest absolute Gasteiger partial charge is 0.377 e. The molecule has 2 heteroatoms. The summed E-state index contributed by atoms with van der Waals surface area (Å²) in [4.78, 5) is 0. The standard InChI is InChI=1S/C12H21NO/c1-8(12-3-2-4-14-12)13-11-6-9-5-10(9)7-11/h8-13H,2-7H2,1H3. The summed E-state index contributed by atoms with van der Waals surface area (Å²) in [6.45, 7) is 3.27. The number of hydrogen-bond acceptors (Lipinski definition) is 2. The van der Waals surface area contributed by atoms with E-state index in [0.29, 0.717) is 12.1 Å². The third kappa shape index (κ3) is 1.70. The van der Waals surface area contributed by atoms with Crippen LogP contribution in [0.3, 0.4) is 0 Å². The summed E-state index contributed by atoms with van der Waals surface area (Å²) in [6.07, 6.45) is 7.39. The minimum absolute atomic E-state index is 0.493.